The summed E-state index contributed by atoms with van der Waals surface area (Å²) < 4.78 is 19.0. The number of anilines is 2. The van der Waals surface area contributed by atoms with Gasteiger partial charge in [-0.05, 0) is 99.1 Å². The van der Waals surface area contributed by atoms with E-state index in [1.807, 2.05) is 60.8 Å². The van der Waals surface area contributed by atoms with E-state index in [9.17, 15) is 0 Å². The van der Waals surface area contributed by atoms with Gasteiger partial charge < -0.3 is 37.8 Å². The predicted octanol–water partition coefficient (Wildman–Crippen LogP) is 13.5. The quantitative estimate of drug-likeness (QED) is 0.0737. The van der Waals surface area contributed by atoms with E-state index in [0.717, 1.165) is 147 Å². The first-order valence-corrected chi connectivity index (χ1v) is 22.7. The Hall–Kier alpha value is -6.87. The summed E-state index contributed by atoms with van der Waals surface area (Å²) in [6, 6.07) is 45.3. The summed E-state index contributed by atoms with van der Waals surface area (Å²) in [5.74, 6) is 0. The summed E-state index contributed by atoms with van der Waals surface area (Å²) in [4.78, 5) is 18.1. The number of rotatable bonds is 15. The van der Waals surface area contributed by atoms with Crippen LogP contribution in [0.4, 0.5) is 11.4 Å². The molecule has 0 saturated heterocycles. The monoisotopic (exact) mass is 1040 g/mol. The Morgan fingerprint density at radius 1 is 0.530 bits per heavy atom. The molecule has 7 heterocycles. The van der Waals surface area contributed by atoms with E-state index >= 15 is 0 Å². The molecule has 0 N–H and O–H groups in total. The summed E-state index contributed by atoms with van der Waals surface area (Å²) in [5, 5.41) is 6.63. The molecule has 2 aliphatic heterocycles. The van der Waals surface area contributed by atoms with Crippen LogP contribution < -0.4 is 9.80 Å². The van der Waals surface area contributed by atoms with Gasteiger partial charge in [-0.3, -0.25) is 0 Å². The molecule has 0 fully saturated rings. The second kappa shape index (κ2) is 18.2. The van der Waals surface area contributed by atoms with Crippen molar-refractivity contribution in [1.82, 2.24) is 19.8 Å². The molecule has 0 bridgehead atoms. The number of benzene rings is 5. The first-order chi connectivity index (χ1) is 32.2. The van der Waals surface area contributed by atoms with Crippen LogP contribution in [-0.4, -0.2) is 32.9 Å². The third kappa shape index (κ3) is 7.88. The minimum absolute atomic E-state index is 0. The minimum Gasteiger partial charge on any atom is -0.514 e. The molecule has 2 aliphatic rings. The fourth-order valence-electron chi connectivity index (χ4n) is 9.47. The SMILES string of the molecule is [Ir].[c-]1ccc2c(oc3ccccc32)c1-c1ccc(CCCCCCc2c[c-]c(N3C=CN(CCCCN4C=CN(c5[c-]ccc6c5oc5ccccc56)[CH-]4)[CH-]3)c3oc4ncccc4c23)cn1. The summed E-state index contributed by atoms with van der Waals surface area (Å²) >= 11 is 0. The van der Waals surface area contributed by atoms with Crippen molar-refractivity contribution in [2.45, 2.75) is 51.4 Å². The zero-order valence-electron chi connectivity index (χ0n) is 36.2. The molecule has 331 valence electrons. The number of fused-ring (bicyclic) bond motifs is 9. The van der Waals surface area contributed by atoms with Gasteiger partial charge in [0.1, 0.15) is 11.2 Å². The number of hydrogen-bond donors (Lipinski definition) is 0. The van der Waals surface area contributed by atoms with Crippen molar-refractivity contribution in [3.63, 3.8) is 0 Å². The molecule has 0 aliphatic carbocycles. The smallest absolute Gasteiger partial charge is 0.212 e. The maximum Gasteiger partial charge on any atom is 0.212 e. The zero-order valence-corrected chi connectivity index (χ0v) is 38.6. The summed E-state index contributed by atoms with van der Waals surface area (Å²) in [5.41, 5.74) is 11.1. The molecule has 1 radical (unpaired) electrons. The van der Waals surface area contributed by atoms with Crippen molar-refractivity contribution in [2.75, 3.05) is 22.9 Å². The predicted molar refractivity (Wildman–Crippen MR) is 259 cm³/mol. The van der Waals surface area contributed by atoms with Gasteiger partial charge in [0.05, 0.1) is 5.58 Å². The van der Waals surface area contributed by atoms with E-state index < -0.39 is 0 Å². The topological polar surface area (TPSA) is 78.2 Å². The summed E-state index contributed by atoms with van der Waals surface area (Å²) in [6.07, 6.45) is 20.8. The first-order valence-electron chi connectivity index (χ1n) is 22.7. The fraction of sp³-hybridized carbons (Fsp3) is 0.179. The zero-order chi connectivity index (χ0) is 43.1. The van der Waals surface area contributed by atoms with Crippen molar-refractivity contribution in [3.05, 3.63) is 183 Å². The molecule has 0 saturated carbocycles. The van der Waals surface area contributed by atoms with Gasteiger partial charge in [0.15, 0.2) is 0 Å². The van der Waals surface area contributed by atoms with Gasteiger partial charge in [-0.2, -0.15) is 43.7 Å². The van der Waals surface area contributed by atoms with Gasteiger partial charge in [0, 0.05) is 59.8 Å². The number of furan rings is 3. The molecule has 12 rings (SSSR count). The number of aromatic nitrogens is 2. The number of aryl methyl sites for hydroxylation is 2. The molecule has 0 unspecified atom stereocenters. The molecule has 0 spiro atoms. The largest absolute Gasteiger partial charge is 0.514 e. The van der Waals surface area contributed by atoms with Crippen LogP contribution in [0.1, 0.15) is 49.7 Å². The van der Waals surface area contributed by atoms with E-state index in [1.54, 1.807) is 6.20 Å². The number of hydrogen-bond acceptors (Lipinski definition) is 9. The molecule has 10 heteroatoms. The van der Waals surface area contributed by atoms with Crippen molar-refractivity contribution in [2.24, 2.45) is 0 Å². The van der Waals surface area contributed by atoms with Crippen LogP contribution in [0.3, 0.4) is 0 Å². The Kier molecular flexibility index (Phi) is 11.5. The summed E-state index contributed by atoms with van der Waals surface area (Å²) in [6.45, 7) is 6.09. The average Bonchev–Trinajstić information content (AvgIpc) is 4.21. The van der Waals surface area contributed by atoms with Crippen molar-refractivity contribution in [3.8, 4) is 11.3 Å². The van der Waals surface area contributed by atoms with E-state index in [2.05, 4.69) is 129 Å². The summed E-state index contributed by atoms with van der Waals surface area (Å²) in [7, 11) is 0. The molecule has 10 aromatic rings. The Bertz CT molecular complexity index is 3400. The van der Waals surface area contributed by atoms with Crippen LogP contribution >= 0.6 is 0 Å². The number of para-hydroxylation sites is 2. The van der Waals surface area contributed by atoms with Gasteiger partial charge in [0.2, 0.25) is 5.71 Å². The van der Waals surface area contributed by atoms with Crippen LogP contribution in [0.25, 0.3) is 77.2 Å². The Labute approximate surface area is 396 Å². The van der Waals surface area contributed by atoms with Gasteiger partial charge in [-0.25, -0.2) is 4.98 Å². The molecular formula is C56H45IrN6O3-5. The fourth-order valence-corrected chi connectivity index (χ4v) is 9.47. The van der Waals surface area contributed by atoms with Crippen LogP contribution in [0.5, 0.6) is 0 Å². The van der Waals surface area contributed by atoms with Gasteiger partial charge in [-0.15, -0.1) is 23.8 Å². The van der Waals surface area contributed by atoms with Crippen molar-refractivity contribution < 1.29 is 33.4 Å². The van der Waals surface area contributed by atoms with Gasteiger partial charge >= 0.3 is 0 Å². The molecule has 0 atom stereocenters. The van der Waals surface area contributed by atoms with E-state index in [0.29, 0.717) is 5.71 Å². The Morgan fingerprint density at radius 3 is 1.91 bits per heavy atom. The van der Waals surface area contributed by atoms with Crippen molar-refractivity contribution in [1.29, 1.82) is 0 Å². The molecule has 5 aromatic heterocycles. The number of nitrogens with zero attached hydrogens (tertiary/aromatic N) is 6. The van der Waals surface area contributed by atoms with Crippen LogP contribution in [0.2, 0.25) is 0 Å². The Morgan fingerprint density at radius 2 is 1.18 bits per heavy atom. The average molecular weight is 1040 g/mol. The number of pyridine rings is 2. The third-order valence-electron chi connectivity index (χ3n) is 12.8. The van der Waals surface area contributed by atoms with E-state index in [1.165, 1.54) is 11.1 Å². The van der Waals surface area contributed by atoms with Crippen LogP contribution in [0.15, 0.2) is 154 Å². The first kappa shape index (κ1) is 41.8. The molecular weight excluding hydrogens is 997 g/mol. The van der Waals surface area contributed by atoms with Gasteiger partial charge in [0.25, 0.3) is 0 Å². The van der Waals surface area contributed by atoms with E-state index in [-0.39, 0.29) is 20.1 Å². The van der Waals surface area contributed by atoms with Crippen molar-refractivity contribution >= 4 is 77.3 Å². The molecule has 5 aromatic carbocycles. The third-order valence-corrected chi connectivity index (χ3v) is 12.8. The second-order valence-corrected chi connectivity index (χ2v) is 17.0. The maximum absolute atomic E-state index is 6.48. The molecule has 66 heavy (non-hydrogen) atoms. The van der Waals surface area contributed by atoms with Gasteiger partial charge in [-0.1, -0.05) is 107 Å². The molecule has 9 nitrogen and oxygen atoms in total. The minimum atomic E-state index is 0. The second-order valence-electron chi connectivity index (χ2n) is 17.0. The normalized spacial score (nSPS) is 13.9. The Balaban J connectivity index is 0.00000481. The van der Waals surface area contributed by atoms with E-state index in [4.69, 9.17) is 18.2 Å². The number of unbranched alkanes of at least 4 members (excludes halogenated alkanes) is 4. The van der Waals surface area contributed by atoms with Crippen LogP contribution in [0, 0.1) is 31.5 Å². The maximum atomic E-state index is 6.48. The molecule has 0 amide bonds. The van der Waals surface area contributed by atoms with Crippen LogP contribution in [-0.2, 0) is 32.9 Å². The standard InChI is InChI=1S/C56H45N6O3.Ir/c1(3-14-39-25-27-47(58-36-39)45-20-11-18-43-41-16-5-7-23-50(41)63-53(43)45)2-4-15-40-26-28-49(55-52(40)46-21-13-29-57-56(46)65-55)62-35-33-60(38-62)31-10-9-30-59-32-34-61(37-59)48-22-12-19-44-42-17-6-8-24-51(42)64-54(44)48;/h5-8,11-13,16-19,21,23-27,29,32-38H,1-4,9-10,14-15,30-31H2;/q-5;.